The molecule has 0 spiro atoms. The Hall–Kier alpha value is -2.91. The summed E-state index contributed by atoms with van der Waals surface area (Å²) in [6.07, 6.45) is 7.14. The number of amides is 1. The van der Waals surface area contributed by atoms with Crippen LogP contribution in [-0.2, 0) is 11.2 Å². The van der Waals surface area contributed by atoms with E-state index in [9.17, 15) is 13.6 Å². The number of aromatic nitrogens is 2. The van der Waals surface area contributed by atoms with Crippen molar-refractivity contribution in [2.45, 2.75) is 18.9 Å². The average Bonchev–Trinajstić information content (AvgIpc) is 3.14. The van der Waals surface area contributed by atoms with Gasteiger partial charge in [-0.3, -0.25) is 15.0 Å². The Balaban J connectivity index is 1.46. The fraction of sp³-hybridized carbons (Fsp3) is 0.316. The van der Waals surface area contributed by atoms with E-state index < -0.39 is 17.5 Å². The van der Waals surface area contributed by atoms with E-state index in [4.69, 9.17) is 5.21 Å². The maximum Gasteiger partial charge on any atom is 0.267 e. The topological polar surface area (TPSA) is 90.4 Å². The maximum atomic E-state index is 13.7. The molecule has 148 valence electrons. The lowest BCUT2D eigenvalue weighted by molar-refractivity contribution is -0.124. The summed E-state index contributed by atoms with van der Waals surface area (Å²) in [6.45, 7) is 2.37. The number of anilines is 1. The second-order valence-corrected chi connectivity index (χ2v) is 6.55. The summed E-state index contributed by atoms with van der Waals surface area (Å²) in [7, 11) is 0. The van der Waals surface area contributed by atoms with Crippen LogP contribution in [-0.4, -0.2) is 51.7 Å². The highest BCUT2D eigenvalue weighted by Crippen LogP contribution is 2.16. The zero-order chi connectivity index (χ0) is 19.9. The van der Waals surface area contributed by atoms with Gasteiger partial charge in [-0.25, -0.2) is 19.2 Å². The van der Waals surface area contributed by atoms with Crippen LogP contribution in [0.3, 0.4) is 0 Å². The van der Waals surface area contributed by atoms with Crippen molar-refractivity contribution >= 4 is 17.8 Å². The molecule has 0 radical (unpaired) electrons. The van der Waals surface area contributed by atoms with Crippen LogP contribution in [0.15, 0.2) is 36.7 Å². The number of benzene rings is 1. The minimum atomic E-state index is -0.643. The van der Waals surface area contributed by atoms with Gasteiger partial charge >= 0.3 is 0 Å². The van der Waals surface area contributed by atoms with Crippen molar-refractivity contribution in [2.24, 2.45) is 0 Å². The Morgan fingerprint density at radius 2 is 2.18 bits per heavy atom. The van der Waals surface area contributed by atoms with Gasteiger partial charge in [0.2, 0.25) is 0 Å². The Morgan fingerprint density at radius 3 is 2.89 bits per heavy atom. The molecule has 0 aliphatic carbocycles. The van der Waals surface area contributed by atoms with E-state index in [1.54, 1.807) is 6.20 Å². The predicted molar refractivity (Wildman–Crippen MR) is 99.5 cm³/mol. The molecule has 1 aliphatic heterocycles. The Morgan fingerprint density at radius 1 is 1.32 bits per heavy atom. The molecular formula is C19H21F2N5O2. The third kappa shape index (κ3) is 5.54. The minimum Gasteiger partial charge on any atom is -0.365 e. The highest BCUT2D eigenvalue weighted by molar-refractivity contribution is 5.90. The van der Waals surface area contributed by atoms with Crippen molar-refractivity contribution in [3.8, 4) is 0 Å². The molecule has 1 aliphatic rings. The summed E-state index contributed by atoms with van der Waals surface area (Å²) >= 11 is 0. The lowest BCUT2D eigenvalue weighted by atomic mass is 10.1. The number of hydrogen-bond acceptors (Lipinski definition) is 6. The summed E-state index contributed by atoms with van der Waals surface area (Å²) in [4.78, 5) is 21.6. The van der Waals surface area contributed by atoms with E-state index in [0.29, 0.717) is 30.0 Å². The second kappa shape index (κ2) is 9.34. The van der Waals surface area contributed by atoms with Gasteiger partial charge in [-0.2, -0.15) is 0 Å². The highest BCUT2D eigenvalue weighted by atomic mass is 19.1. The highest BCUT2D eigenvalue weighted by Gasteiger charge is 2.22. The van der Waals surface area contributed by atoms with Crippen LogP contribution in [0.1, 0.15) is 17.7 Å². The van der Waals surface area contributed by atoms with Crippen LogP contribution >= 0.6 is 0 Å². The number of hydrogen-bond donors (Lipinski definition) is 3. The molecule has 0 saturated carbocycles. The van der Waals surface area contributed by atoms with E-state index in [0.717, 1.165) is 31.7 Å². The molecule has 28 heavy (non-hydrogen) atoms. The molecule has 1 atom stereocenters. The standard InChI is InChI=1S/C19H21F2N5O2/c20-14-2-1-13(17(21)9-14)5-7-26-8-6-16(12-26)24-18-11-22-15(10-23-18)3-4-19(27)25-28/h1-4,9-11,16,28H,5-8,12H2,(H,23,24)(H,25,27)/b4-3+/t16-/m1/s1. The van der Waals surface area contributed by atoms with Crippen LogP contribution in [0.5, 0.6) is 0 Å². The number of likely N-dealkylation sites (tertiary alicyclic amines) is 1. The first-order valence-corrected chi connectivity index (χ1v) is 8.90. The molecule has 1 aromatic carbocycles. The largest absolute Gasteiger partial charge is 0.365 e. The first kappa shape index (κ1) is 19.8. The normalized spacial score (nSPS) is 17.2. The van der Waals surface area contributed by atoms with Gasteiger partial charge < -0.3 is 10.2 Å². The number of nitrogens with one attached hydrogen (secondary N) is 2. The number of carbonyl (C=O) groups excluding carboxylic acids is 1. The molecule has 3 N–H and O–H groups in total. The maximum absolute atomic E-state index is 13.7. The number of hydroxylamine groups is 1. The molecule has 1 fully saturated rings. The van der Waals surface area contributed by atoms with Crippen LogP contribution in [0.2, 0.25) is 0 Å². The third-order valence-corrected chi connectivity index (χ3v) is 4.52. The van der Waals surface area contributed by atoms with Gasteiger partial charge in [0.05, 0.1) is 18.1 Å². The molecule has 2 aromatic rings. The number of rotatable bonds is 7. The molecule has 3 rings (SSSR count). The van der Waals surface area contributed by atoms with Crippen LogP contribution in [0.4, 0.5) is 14.6 Å². The number of carbonyl (C=O) groups is 1. The average molecular weight is 389 g/mol. The molecule has 7 nitrogen and oxygen atoms in total. The van der Waals surface area contributed by atoms with E-state index in [1.165, 1.54) is 29.9 Å². The summed E-state index contributed by atoms with van der Waals surface area (Å²) in [5, 5.41) is 11.7. The van der Waals surface area contributed by atoms with Crippen molar-refractivity contribution in [1.29, 1.82) is 0 Å². The van der Waals surface area contributed by atoms with Crippen LogP contribution < -0.4 is 10.8 Å². The number of halogens is 2. The number of nitrogens with zero attached hydrogens (tertiary/aromatic N) is 3. The summed E-state index contributed by atoms with van der Waals surface area (Å²) in [5.41, 5.74) is 2.50. The smallest absolute Gasteiger partial charge is 0.267 e. The van der Waals surface area contributed by atoms with E-state index in [2.05, 4.69) is 20.2 Å². The van der Waals surface area contributed by atoms with Crippen LogP contribution in [0.25, 0.3) is 6.08 Å². The van der Waals surface area contributed by atoms with E-state index in [1.807, 2.05) is 0 Å². The fourth-order valence-electron chi connectivity index (χ4n) is 3.06. The third-order valence-electron chi connectivity index (χ3n) is 4.52. The van der Waals surface area contributed by atoms with E-state index >= 15 is 0 Å². The minimum absolute atomic E-state index is 0.203. The second-order valence-electron chi connectivity index (χ2n) is 6.55. The van der Waals surface area contributed by atoms with Gasteiger partial charge in [0.15, 0.2) is 0 Å². The first-order chi connectivity index (χ1) is 13.5. The zero-order valence-electron chi connectivity index (χ0n) is 15.1. The Labute approximate surface area is 161 Å². The molecule has 1 amide bonds. The van der Waals surface area contributed by atoms with Gasteiger partial charge in [0.25, 0.3) is 5.91 Å². The molecule has 0 unspecified atom stereocenters. The van der Waals surface area contributed by atoms with Gasteiger partial charge in [0.1, 0.15) is 17.5 Å². The molecule has 2 heterocycles. The predicted octanol–water partition coefficient (Wildman–Crippen LogP) is 2.00. The molecule has 1 saturated heterocycles. The lowest BCUT2D eigenvalue weighted by Gasteiger charge is -2.17. The summed E-state index contributed by atoms with van der Waals surface area (Å²) < 4.78 is 26.7. The van der Waals surface area contributed by atoms with Gasteiger partial charge in [-0.05, 0) is 30.5 Å². The van der Waals surface area contributed by atoms with Crippen molar-refractivity contribution in [1.82, 2.24) is 20.3 Å². The Bertz CT molecular complexity index is 845. The zero-order valence-corrected chi connectivity index (χ0v) is 15.1. The van der Waals surface area contributed by atoms with Crippen molar-refractivity contribution in [3.63, 3.8) is 0 Å². The van der Waals surface area contributed by atoms with Gasteiger partial charge in [-0.15, -0.1) is 0 Å². The van der Waals surface area contributed by atoms with Gasteiger partial charge in [-0.1, -0.05) is 6.07 Å². The van der Waals surface area contributed by atoms with Crippen LogP contribution in [0, 0.1) is 11.6 Å². The monoisotopic (exact) mass is 389 g/mol. The fourth-order valence-corrected chi connectivity index (χ4v) is 3.06. The summed E-state index contributed by atoms with van der Waals surface area (Å²) in [6, 6.07) is 3.89. The quantitative estimate of drug-likeness (QED) is 0.381. The summed E-state index contributed by atoms with van der Waals surface area (Å²) in [5.74, 6) is -1.09. The van der Waals surface area contributed by atoms with Crippen molar-refractivity contribution in [2.75, 3.05) is 25.0 Å². The molecule has 9 heteroatoms. The molecule has 1 aromatic heterocycles. The first-order valence-electron chi connectivity index (χ1n) is 8.90. The van der Waals surface area contributed by atoms with Crippen molar-refractivity contribution < 1.29 is 18.8 Å². The SMILES string of the molecule is O=C(/C=C/c1cnc(N[C@@H]2CCN(CCc3ccc(F)cc3F)C2)cn1)NO. The molecule has 0 bridgehead atoms. The van der Waals surface area contributed by atoms with Gasteiger partial charge in [0, 0.05) is 37.8 Å². The molecular weight excluding hydrogens is 368 g/mol. The Kier molecular flexibility index (Phi) is 6.62. The lowest BCUT2D eigenvalue weighted by Crippen LogP contribution is -2.28. The van der Waals surface area contributed by atoms with E-state index in [-0.39, 0.29) is 6.04 Å². The van der Waals surface area contributed by atoms with Crippen molar-refractivity contribution in [3.05, 3.63) is 59.6 Å².